The quantitative estimate of drug-likeness (QED) is 0.697. The molecule has 0 unspecified atom stereocenters. The Morgan fingerprint density at radius 1 is 1.19 bits per heavy atom. The third-order valence-electron chi connectivity index (χ3n) is 3.79. The Labute approximate surface area is 136 Å². The third-order valence-corrected chi connectivity index (χ3v) is 4.83. The highest BCUT2D eigenvalue weighted by atomic mass is 79.9. The van der Waals surface area contributed by atoms with Crippen LogP contribution in [0.3, 0.4) is 0 Å². The molecule has 2 N–H and O–H groups in total. The Balaban J connectivity index is 2.44. The molecule has 0 amide bonds. The molecule has 0 bridgehead atoms. The molecule has 0 aliphatic heterocycles. The van der Waals surface area contributed by atoms with Gasteiger partial charge >= 0.3 is 0 Å². The topological polar surface area (TPSA) is 56.7 Å². The number of hydrogen-bond donors (Lipinski definition) is 1. The van der Waals surface area contributed by atoms with Gasteiger partial charge in [-0.15, -0.1) is 0 Å². The van der Waals surface area contributed by atoms with Crippen molar-refractivity contribution in [1.29, 1.82) is 0 Å². The van der Waals surface area contributed by atoms with Crippen LogP contribution < -0.4 is 5.73 Å². The highest BCUT2D eigenvalue weighted by molar-refractivity contribution is 9.10. The number of aryl methyl sites for hydroxylation is 2. The van der Waals surface area contributed by atoms with Gasteiger partial charge in [0.05, 0.1) is 11.1 Å². The summed E-state index contributed by atoms with van der Waals surface area (Å²) in [6.07, 6.45) is 1.48. The molecule has 2 heterocycles. The van der Waals surface area contributed by atoms with Gasteiger partial charge in [0, 0.05) is 15.2 Å². The molecule has 0 spiro atoms. The average molecular weight is 366 g/mol. The lowest BCUT2D eigenvalue weighted by Gasteiger charge is -2.12. The van der Waals surface area contributed by atoms with Crippen LogP contribution in [-0.2, 0) is 0 Å². The van der Waals surface area contributed by atoms with Gasteiger partial charge in [-0.1, -0.05) is 11.6 Å². The summed E-state index contributed by atoms with van der Waals surface area (Å²) in [7, 11) is 0. The largest absolute Gasteiger partial charge is 0.383 e. The fourth-order valence-corrected chi connectivity index (χ4v) is 3.32. The van der Waals surface area contributed by atoms with Crippen LogP contribution >= 0.6 is 27.5 Å². The number of fused-ring (bicyclic) bond motifs is 1. The summed E-state index contributed by atoms with van der Waals surface area (Å²) in [5.41, 5.74) is 10.9. The molecular weight excluding hydrogens is 352 g/mol. The van der Waals surface area contributed by atoms with Crippen molar-refractivity contribution in [3.63, 3.8) is 0 Å². The van der Waals surface area contributed by atoms with E-state index in [1.165, 1.54) is 6.33 Å². The van der Waals surface area contributed by atoms with Gasteiger partial charge in [-0.05, 0) is 60.0 Å². The number of rotatable bonds is 1. The number of anilines is 1. The van der Waals surface area contributed by atoms with E-state index in [9.17, 15) is 0 Å². The van der Waals surface area contributed by atoms with E-state index in [4.69, 9.17) is 17.3 Å². The molecule has 0 saturated carbocycles. The summed E-state index contributed by atoms with van der Waals surface area (Å²) < 4.78 is 3.01. The molecule has 3 rings (SSSR count). The Bertz CT molecular complexity index is 870. The summed E-state index contributed by atoms with van der Waals surface area (Å²) in [6, 6.07) is 3.94. The van der Waals surface area contributed by atoms with E-state index in [0.717, 1.165) is 38.0 Å². The third kappa shape index (κ3) is 2.12. The molecule has 1 aromatic carbocycles. The zero-order chi connectivity index (χ0) is 15.3. The van der Waals surface area contributed by atoms with Crippen molar-refractivity contribution in [3.05, 3.63) is 44.8 Å². The maximum Gasteiger partial charge on any atom is 0.150 e. The molecule has 0 aliphatic carbocycles. The van der Waals surface area contributed by atoms with Crippen molar-refractivity contribution in [2.24, 2.45) is 0 Å². The highest BCUT2D eigenvalue weighted by Gasteiger charge is 2.18. The van der Waals surface area contributed by atoms with Crippen LogP contribution in [-0.4, -0.2) is 14.5 Å². The first-order valence-corrected chi connectivity index (χ1v) is 7.63. The minimum absolute atomic E-state index is 0.494. The minimum atomic E-state index is 0.494. The SMILES string of the molecule is Cc1cc(Br)c(-n2c(C)c(C)c3c(N)ncnc32)cc1Cl. The number of nitrogens with two attached hydrogens (primary N) is 1. The van der Waals surface area contributed by atoms with Gasteiger partial charge in [-0.2, -0.15) is 0 Å². The predicted molar refractivity (Wildman–Crippen MR) is 90.2 cm³/mol. The minimum Gasteiger partial charge on any atom is -0.383 e. The Hall–Kier alpha value is -1.59. The molecule has 2 aromatic heterocycles. The van der Waals surface area contributed by atoms with Crippen LogP contribution in [0.5, 0.6) is 0 Å². The molecule has 0 saturated heterocycles. The molecule has 4 nitrogen and oxygen atoms in total. The summed E-state index contributed by atoms with van der Waals surface area (Å²) in [6.45, 7) is 6.04. The van der Waals surface area contributed by atoms with Gasteiger partial charge in [0.15, 0.2) is 5.65 Å². The molecule has 0 aliphatic rings. The van der Waals surface area contributed by atoms with Crippen LogP contribution in [0.25, 0.3) is 16.7 Å². The zero-order valence-electron chi connectivity index (χ0n) is 11.9. The number of benzene rings is 1. The van der Waals surface area contributed by atoms with Crippen molar-refractivity contribution in [1.82, 2.24) is 14.5 Å². The molecular formula is C15H14BrClN4. The van der Waals surface area contributed by atoms with E-state index in [0.29, 0.717) is 10.8 Å². The molecule has 21 heavy (non-hydrogen) atoms. The smallest absolute Gasteiger partial charge is 0.150 e. The summed E-state index contributed by atoms with van der Waals surface area (Å²) in [4.78, 5) is 8.49. The van der Waals surface area contributed by atoms with E-state index in [2.05, 4.69) is 30.5 Å². The van der Waals surface area contributed by atoms with E-state index < -0.39 is 0 Å². The maximum atomic E-state index is 6.29. The van der Waals surface area contributed by atoms with Crippen molar-refractivity contribution >= 4 is 44.4 Å². The van der Waals surface area contributed by atoms with Crippen LogP contribution in [0.15, 0.2) is 22.9 Å². The van der Waals surface area contributed by atoms with E-state index >= 15 is 0 Å². The molecule has 0 radical (unpaired) electrons. The molecule has 0 fully saturated rings. The van der Waals surface area contributed by atoms with Gasteiger partial charge in [-0.25, -0.2) is 9.97 Å². The first-order chi connectivity index (χ1) is 9.91. The van der Waals surface area contributed by atoms with Gasteiger partial charge in [0.25, 0.3) is 0 Å². The van der Waals surface area contributed by atoms with Crippen molar-refractivity contribution in [2.75, 3.05) is 5.73 Å². The number of nitrogen functional groups attached to an aromatic ring is 1. The molecule has 6 heteroatoms. The standard InChI is InChI=1S/C15H14BrClN4/c1-7-4-10(16)12(5-11(7)17)21-9(3)8(2)13-14(18)19-6-20-15(13)21/h4-6H,1-3H3,(H2,18,19,20). The maximum absolute atomic E-state index is 6.29. The fourth-order valence-electron chi connectivity index (χ4n) is 2.53. The first kappa shape index (κ1) is 14.4. The Morgan fingerprint density at radius 3 is 2.62 bits per heavy atom. The summed E-state index contributed by atoms with van der Waals surface area (Å²) in [5, 5.41) is 1.60. The summed E-state index contributed by atoms with van der Waals surface area (Å²) in [5.74, 6) is 0.494. The molecule has 108 valence electrons. The lowest BCUT2D eigenvalue weighted by molar-refractivity contribution is 1.01. The lowest BCUT2D eigenvalue weighted by Crippen LogP contribution is -2.01. The second-order valence-electron chi connectivity index (χ2n) is 5.06. The van der Waals surface area contributed by atoms with E-state index in [-0.39, 0.29) is 0 Å². The average Bonchev–Trinajstić information content (AvgIpc) is 2.68. The van der Waals surface area contributed by atoms with E-state index in [1.54, 1.807) is 0 Å². The van der Waals surface area contributed by atoms with Gasteiger partial charge in [0.2, 0.25) is 0 Å². The van der Waals surface area contributed by atoms with Gasteiger partial charge in [0.1, 0.15) is 12.1 Å². The zero-order valence-corrected chi connectivity index (χ0v) is 14.2. The van der Waals surface area contributed by atoms with Crippen molar-refractivity contribution in [2.45, 2.75) is 20.8 Å². The molecule has 3 aromatic rings. The first-order valence-electron chi connectivity index (χ1n) is 6.46. The van der Waals surface area contributed by atoms with Crippen LogP contribution in [0.2, 0.25) is 5.02 Å². The Kier molecular flexibility index (Phi) is 3.42. The van der Waals surface area contributed by atoms with Crippen LogP contribution in [0.1, 0.15) is 16.8 Å². The van der Waals surface area contributed by atoms with Crippen LogP contribution in [0, 0.1) is 20.8 Å². The van der Waals surface area contributed by atoms with Crippen LogP contribution in [0.4, 0.5) is 5.82 Å². The lowest BCUT2D eigenvalue weighted by atomic mass is 10.2. The number of nitrogens with zero attached hydrogens (tertiary/aromatic N) is 3. The molecule has 0 atom stereocenters. The fraction of sp³-hybridized carbons (Fsp3) is 0.200. The van der Waals surface area contributed by atoms with E-state index in [1.807, 2.05) is 32.9 Å². The number of halogens is 2. The monoisotopic (exact) mass is 364 g/mol. The van der Waals surface area contributed by atoms with Crippen molar-refractivity contribution < 1.29 is 0 Å². The van der Waals surface area contributed by atoms with Crippen molar-refractivity contribution in [3.8, 4) is 5.69 Å². The number of hydrogen-bond acceptors (Lipinski definition) is 3. The van der Waals surface area contributed by atoms with Gasteiger partial charge in [-0.3, -0.25) is 4.57 Å². The summed E-state index contributed by atoms with van der Waals surface area (Å²) >= 11 is 9.90. The second-order valence-corrected chi connectivity index (χ2v) is 6.32. The Morgan fingerprint density at radius 2 is 1.90 bits per heavy atom. The normalized spacial score (nSPS) is 11.3. The second kappa shape index (κ2) is 5.00. The number of aromatic nitrogens is 3. The van der Waals surface area contributed by atoms with Gasteiger partial charge < -0.3 is 5.73 Å². The predicted octanol–water partition coefficient (Wildman–Crippen LogP) is 4.34. The highest BCUT2D eigenvalue weighted by Crippen LogP contribution is 2.34.